The average Bonchev–Trinajstić information content (AvgIpc) is 2.42. The number of hydrogen-bond acceptors (Lipinski definition) is 4. The number of piperazine rings is 1. The lowest BCUT2D eigenvalue weighted by Gasteiger charge is -2.30. The second kappa shape index (κ2) is 11.1. The number of carboxylic acid groups (broad SMARTS) is 2. The van der Waals surface area contributed by atoms with Crippen LogP contribution < -0.4 is 10.2 Å². The summed E-state index contributed by atoms with van der Waals surface area (Å²) in [7, 11) is 0. The van der Waals surface area contributed by atoms with Crippen LogP contribution in [-0.4, -0.2) is 48.3 Å². The average molecular weight is 351 g/mol. The monoisotopic (exact) mass is 350 g/mol. The van der Waals surface area contributed by atoms with Crippen LogP contribution >= 0.6 is 23.2 Å². The maximum atomic E-state index is 9.00. The van der Waals surface area contributed by atoms with Gasteiger partial charge in [0.2, 0.25) is 0 Å². The molecule has 1 saturated heterocycles. The predicted molar refractivity (Wildman–Crippen MR) is 88.2 cm³/mol. The molecule has 1 aliphatic rings. The lowest BCUT2D eigenvalue weighted by atomic mass is 10.2. The Labute approximate surface area is 139 Å². The van der Waals surface area contributed by atoms with Crippen molar-refractivity contribution in [2.45, 2.75) is 13.8 Å². The highest BCUT2D eigenvalue weighted by molar-refractivity contribution is 6.43. The summed E-state index contributed by atoms with van der Waals surface area (Å²) >= 11 is 12.1. The fraction of sp³-hybridized carbons (Fsp3) is 0.429. The molecule has 0 unspecified atom stereocenters. The summed E-state index contributed by atoms with van der Waals surface area (Å²) in [6.45, 7) is 6.14. The van der Waals surface area contributed by atoms with Gasteiger partial charge in [0.05, 0.1) is 15.7 Å². The van der Waals surface area contributed by atoms with Gasteiger partial charge in [-0.3, -0.25) is 9.59 Å². The maximum absolute atomic E-state index is 9.00. The molecule has 2 rings (SSSR count). The fourth-order valence-corrected chi connectivity index (χ4v) is 2.06. The van der Waals surface area contributed by atoms with E-state index in [4.69, 9.17) is 43.0 Å². The first-order valence-corrected chi connectivity index (χ1v) is 7.30. The molecule has 1 heterocycles. The van der Waals surface area contributed by atoms with E-state index in [1.54, 1.807) is 0 Å². The van der Waals surface area contributed by atoms with E-state index in [2.05, 4.69) is 10.2 Å². The van der Waals surface area contributed by atoms with E-state index < -0.39 is 11.9 Å². The molecule has 1 aromatic rings. The number of anilines is 1. The normalized spacial score (nSPS) is 13.2. The summed E-state index contributed by atoms with van der Waals surface area (Å²) in [5.41, 5.74) is 1.04. The molecular formula is C14H20Cl2N2O4. The molecule has 1 fully saturated rings. The van der Waals surface area contributed by atoms with Crippen molar-refractivity contribution in [3.8, 4) is 0 Å². The Kier molecular flexibility index (Phi) is 10.4. The third kappa shape index (κ3) is 9.44. The molecule has 6 nitrogen and oxygen atoms in total. The lowest BCUT2D eigenvalue weighted by molar-refractivity contribution is -0.135. The van der Waals surface area contributed by atoms with Crippen molar-refractivity contribution >= 4 is 40.8 Å². The number of benzene rings is 1. The molecule has 0 aliphatic carbocycles. The van der Waals surface area contributed by atoms with E-state index in [1.165, 1.54) is 0 Å². The molecule has 124 valence electrons. The van der Waals surface area contributed by atoms with Gasteiger partial charge < -0.3 is 20.4 Å². The molecule has 0 atom stereocenters. The lowest BCUT2D eigenvalue weighted by Crippen LogP contribution is -2.43. The van der Waals surface area contributed by atoms with Gasteiger partial charge in [0.1, 0.15) is 0 Å². The highest BCUT2D eigenvalue weighted by Gasteiger charge is 2.14. The van der Waals surface area contributed by atoms with Crippen molar-refractivity contribution in [1.82, 2.24) is 5.32 Å². The van der Waals surface area contributed by atoms with Crippen LogP contribution in [0.3, 0.4) is 0 Å². The van der Waals surface area contributed by atoms with Gasteiger partial charge in [-0.15, -0.1) is 0 Å². The molecule has 0 bridgehead atoms. The van der Waals surface area contributed by atoms with Crippen LogP contribution in [-0.2, 0) is 9.59 Å². The van der Waals surface area contributed by atoms with Gasteiger partial charge in [-0.1, -0.05) is 29.3 Å². The molecule has 1 aromatic carbocycles. The number of aliphatic carboxylic acids is 2. The highest BCUT2D eigenvalue weighted by Crippen LogP contribution is 2.32. The first-order chi connectivity index (χ1) is 10.3. The van der Waals surface area contributed by atoms with Crippen LogP contribution in [0.15, 0.2) is 18.2 Å². The Morgan fingerprint density at radius 3 is 2.00 bits per heavy atom. The number of halogens is 2. The minimum atomic E-state index is -0.833. The third-order valence-corrected chi connectivity index (χ3v) is 3.20. The van der Waals surface area contributed by atoms with Gasteiger partial charge >= 0.3 is 0 Å². The Balaban J connectivity index is 0.000000464. The topological polar surface area (TPSA) is 89.9 Å². The van der Waals surface area contributed by atoms with Crippen molar-refractivity contribution in [3.05, 3.63) is 28.2 Å². The summed E-state index contributed by atoms with van der Waals surface area (Å²) in [5, 5.41) is 19.4. The van der Waals surface area contributed by atoms with E-state index in [-0.39, 0.29) is 0 Å². The van der Waals surface area contributed by atoms with Gasteiger partial charge in [0, 0.05) is 40.0 Å². The van der Waals surface area contributed by atoms with Crippen molar-refractivity contribution in [2.75, 3.05) is 31.1 Å². The molecule has 1 aliphatic heterocycles. The van der Waals surface area contributed by atoms with E-state index in [0.717, 1.165) is 45.7 Å². The van der Waals surface area contributed by atoms with Crippen LogP contribution in [0.5, 0.6) is 0 Å². The quantitative estimate of drug-likeness (QED) is 0.721. The van der Waals surface area contributed by atoms with Gasteiger partial charge in [0.15, 0.2) is 0 Å². The molecule has 22 heavy (non-hydrogen) atoms. The molecule has 3 N–H and O–H groups in total. The van der Waals surface area contributed by atoms with Crippen LogP contribution in [0.4, 0.5) is 5.69 Å². The highest BCUT2D eigenvalue weighted by atomic mass is 35.5. The van der Waals surface area contributed by atoms with Crippen LogP contribution in [0.2, 0.25) is 10.0 Å². The first kappa shape index (κ1) is 20.5. The maximum Gasteiger partial charge on any atom is 0.300 e. The second-order valence-corrected chi connectivity index (χ2v) is 5.13. The molecule has 0 saturated carbocycles. The van der Waals surface area contributed by atoms with Crippen LogP contribution in [0, 0.1) is 0 Å². The summed E-state index contributed by atoms with van der Waals surface area (Å²) in [6, 6.07) is 5.76. The Morgan fingerprint density at radius 1 is 1.09 bits per heavy atom. The van der Waals surface area contributed by atoms with Crippen molar-refractivity contribution in [1.29, 1.82) is 0 Å². The number of carbonyl (C=O) groups is 2. The third-order valence-electron chi connectivity index (χ3n) is 2.39. The zero-order valence-electron chi connectivity index (χ0n) is 12.5. The second-order valence-electron chi connectivity index (χ2n) is 4.35. The van der Waals surface area contributed by atoms with Gasteiger partial charge in [-0.05, 0) is 12.1 Å². The Hall–Kier alpha value is -1.50. The predicted octanol–water partition coefficient (Wildman–Crippen LogP) is 2.58. The molecule has 0 spiro atoms. The van der Waals surface area contributed by atoms with E-state index in [9.17, 15) is 0 Å². The van der Waals surface area contributed by atoms with E-state index >= 15 is 0 Å². The summed E-state index contributed by atoms with van der Waals surface area (Å²) < 4.78 is 0. The molecule has 8 heteroatoms. The van der Waals surface area contributed by atoms with Crippen LogP contribution in [0.25, 0.3) is 0 Å². The van der Waals surface area contributed by atoms with Crippen molar-refractivity contribution < 1.29 is 19.8 Å². The smallest absolute Gasteiger partial charge is 0.300 e. The summed E-state index contributed by atoms with van der Waals surface area (Å²) in [5.74, 6) is -1.67. The number of nitrogens with one attached hydrogen (secondary N) is 1. The fourth-order valence-electron chi connectivity index (χ4n) is 1.64. The number of hydrogen-bond donors (Lipinski definition) is 3. The Morgan fingerprint density at radius 2 is 1.55 bits per heavy atom. The molecule has 0 amide bonds. The molecule has 0 aromatic heterocycles. The SMILES string of the molecule is CC(=O)O.CC(=O)O.Clc1cccc(N2CCNCC2)c1Cl. The van der Waals surface area contributed by atoms with E-state index in [0.29, 0.717) is 10.0 Å². The zero-order valence-corrected chi connectivity index (χ0v) is 14.0. The van der Waals surface area contributed by atoms with Crippen LogP contribution in [0.1, 0.15) is 13.8 Å². The van der Waals surface area contributed by atoms with Crippen molar-refractivity contribution in [2.24, 2.45) is 0 Å². The largest absolute Gasteiger partial charge is 0.481 e. The van der Waals surface area contributed by atoms with Gasteiger partial charge in [0.25, 0.3) is 11.9 Å². The number of nitrogens with zero attached hydrogens (tertiary/aromatic N) is 1. The summed E-state index contributed by atoms with van der Waals surface area (Å²) in [6.07, 6.45) is 0. The van der Waals surface area contributed by atoms with E-state index in [1.807, 2.05) is 18.2 Å². The minimum Gasteiger partial charge on any atom is -0.481 e. The number of rotatable bonds is 1. The summed E-state index contributed by atoms with van der Waals surface area (Å²) in [4.78, 5) is 20.3. The zero-order chi connectivity index (χ0) is 17.1. The van der Waals surface area contributed by atoms with Gasteiger partial charge in [-0.25, -0.2) is 0 Å². The first-order valence-electron chi connectivity index (χ1n) is 6.54. The minimum absolute atomic E-state index is 0.627. The van der Waals surface area contributed by atoms with Gasteiger partial charge in [-0.2, -0.15) is 0 Å². The van der Waals surface area contributed by atoms with Crippen molar-refractivity contribution in [3.63, 3.8) is 0 Å². The Bertz CT molecular complexity index is 472. The standard InChI is InChI=1S/C10H12Cl2N2.2C2H4O2/c11-8-2-1-3-9(10(8)12)14-6-4-13-5-7-14;2*1-2(3)4/h1-3,13H,4-7H2;2*1H3,(H,3,4). The molecule has 0 radical (unpaired) electrons. The molecular weight excluding hydrogens is 331 g/mol. The number of carboxylic acids is 2.